The number of anilines is 2. The van der Waals surface area contributed by atoms with E-state index < -0.39 is 0 Å². The summed E-state index contributed by atoms with van der Waals surface area (Å²) in [5.74, 6) is 0.482. The normalized spacial score (nSPS) is 11.8. The van der Waals surface area contributed by atoms with E-state index in [2.05, 4.69) is 15.3 Å². The van der Waals surface area contributed by atoms with E-state index >= 15 is 0 Å². The molecule has 0 aliphatic rings. The number of carbonyl (C=O) groups is 1. The largest absolute Gasteiger partial charge is 0.334 e. The Hall–Kier alpha value is -2.73. The summed E-state index contributed by atoms with van der Waals surface area (Å²) in [6.07, 6.45) is 3.33. The molecule has 0 aliphatic heterocycles. The third-order valence-corrected chi connectivity index (χ3v) is 4.83. The van der Waals surface area contributed by atoms with Crippen LogP contribution in [0.4, 0.5) is 11.6 Å². The summed E-state index contributed by atoms with van der Waals surface area (Å²) >= 11 is 1.65. The van der Waals surface area contributed by atoms with Crippen molar-refractivity contribution >= 4 is 28.9 Å². The van der Waals surface area contributed by atoms with E-state index in [1.54, 1.807) is 34.7 Å². The van der Waals surface area contributed by atoms with E-state index in [0.717, 1.165) is 10.6 Å². The molecule has 0 unspecified atom stereocenters. The molecule has 0 aliphatic carbocycles. The molecule has 0 fully saturated rings. The number of rotatable bonds is 5. The fourth-order valence-electron chi connectivity index (χ4n) is 2.32. The molecule has 2 aromatic heterocycles. The van der Waals surface area contributed by atoms with E-state index in [-0.39, 0.29) is 11.9 Å². The molecule has 1 N–H and O–H groups in total. The predicted molar refractivity (Wildman–Crippen MR) is 96.6 cm³/mol. The van der Waals surface area contributed by atoms with Gasteiger partial charge in [0.1, 0.15) is 0 Å². The molecular formula is C18H18N4OS. The summed E-state index contributed by atoms with van der Waals surface area (Å²) in [5, 5.41) is 5.13. The third kappa shape index (κ3) is 3.60. The maximum Gasteiger partial charge on any atom is 0.254 e. The van der Waals surface area contributed by atoms with Crippen LogP contribution in [0.2, 0.25) is 0 Å². The molecule has 0 spiro atoms. The van der Waals surface area contributed by atoms with Gasteiger partial charge in [0.15, 0.2) is 0 Å². The first-order valence-electron chi connectivity index (χ1n) is 7.60. The fraction of sp³-hybridized carbons (Fsp3) is 0.167. The van der Waals surface area contributed by atoms with Gasteiger partial charge in [-0.1, -0.05) is 12.1 Å². The zero-order chi connectivity index (χ0) is 16.9. The lowest BCUT2D eigenvalue weighted by molar-refractivity contribution is 0.0745. The zero-order valence-corrected chi connectivity index (χ0v) is 14.3. The number of benzene rings is 1. The maximum absolute atomic E-state index is 12.8. The Labute approximate surface area is 145 Å². The lowest BCUT2D eigenvalue weighted by Gasteiger charge is -2.24. The van der Waals surface area contributed by atoms with Crippen molar-refractivity contribution in [3.63, 3.8) is 0 Å². The van der Waals surface area contributed by atoms with E-state index in [1.165, 1.54) is 0 Å². The molecular weight excluding hydrogens is 320 g/mol. The molecule has 0 saturated carbocycles. The lowest BCUT2D eigenvalue weighted by Crippen LogP contribution is -2.29. The predicted octanol–water partition coefficient (Wildman–Crippen LogP) is 4.11. The molecule has 0 saturated heterocycles. The highest BCUT2D eigenvalue weighted by Gasteiger charge is 2.19. The molecule has 1 amide bonds. The standard InChI is InChI=1S/C18H18N4OS/c1-13(16-8-4-11-24-16)22(2)17(23)14-6-3-7-15(12-14)21-18-19-9-5-10-20-18/h3-13H,1-2H3,(H,19,20,21)/t13-/m0/s1. The van der Waals surface area contributed by atoms with Gasteiger partial charge in [-0.25, -0.2) is 9.97 Å². The second-order valence-corrected chi connectivity index (χ2v) is 6.36. The highest BCUT2D eigenvalue weighted by atomic mass is 32.1. The number of carbonyl (C=O) groups excluding carboxylic acids is 1. The quantitative estimate of drug-likeness (QED) is 0.760. The number of hydrogen-bond donors (Lipinski definition) is 1. The SMILES string of the molecule is C[C@@H](c1cccs1)N(C)C(=O)c1cccc(Nc2ncccn2)c1. The molecule has 3 aromatic rings. The van der Waals surface area contributed by atoms with Gasteiger partial charge in [0.25, 0.3) is 5.91 Å². The van der Waals surface area contributed by atoms with Crippen LogP contribution in [0.1, 0.15) is 28.2 Å². The molecule has 6 heteroatoms. The fourth-order valence-corrected chi connectivity index (χ4v) is 3.15. The van der Waals surface area contributed by atoms with Gasteiger partial charge in [-0.3, -0.25) is 4.79 Å². The van der Waals surface area contributed by atoms with Gasteiger partial charge in [-0.05, 0) is 42.6 Å². The van der Waals surface area contributed by atoms with Crippen LogP contribution in [-0.2, 0) is 0 Å². The Morgan fingerprint density at radius 1 is 1.17 bits per heavy atom. The van der Waals surface area contributed by atoms with Crippen molar-refractivity contribution in [3.8, 4) is 0 Å². The second-order valence-electron chi connectivity index (χ2n) is 5.39. The van der Waals surface area contributed by atoms with E-state index in [1.807, 2.05) is 55.7 Å². The molecule has 122 valence electrons. The Bertz CT molecular complexity index is 805. The third-order valence-electron chi connectivity index (χ3n) is 3.79. The van der Waals surface area contributed by atoms with Crippen LogP contribution < -0.4 is 5.32 Å². The monoisotopic (exact) mass is 338 g/mol. The van der Waals surface area contributed by atoms with Crippen LogP contribution in [-0.4, -0.2) is 27.8 Å². The van der Waals surface area contributed by atoms with Crippen LogP contribution >= 0.6 is 11.3 Å². The van der Waals surface area contributed by atoms with Crippen molar-refractivity contribution in [2.45, 2.75) is 13.0 Å². The van der Waals surface area contributed by atoms with E-state index in [9.17, 15) is 4.79 Å². The number of aromatic nitrogens is 2. The van der Waals surface area contributed by atoms with Gasteiger partial charge < -0.3 is 10.2 Å². The maximum atomic E-state index is 12.8. The molecule has 1 atom stereocenters. The number of amides is 1. The Morgan fingerprint density at radius 3 is 2.67 bits per heavy atom. The number of nitrogens with zero attached hydrogens (tertiary/aromatic N) is 3. The van der Waals surface area contributed by atoms with Crippen molar-refractivity contribution in [2.75, 3.05) is 12.4 Å². The Balaban J connectivity index is 1.76. The van der Waals surface area contributed by atoms with Crippen molar-refractivity contribution < 1.29 is 4.79 Å². The molecule has 2 heterocycles. The first-order valence-corrected chi connectivity index (χ1v) is 8.48. The lowest BCUT2D eigenvalue weighted by atomic mass is 10.1. The van der Waals surface area contributed by atoms with E-state index in [0.29, 0.717) is 11.5 Å². The van der Waals surface area contributed by atoms with Gasteiger partial charge in [0, 0.05) is 35.6 Å². The smallest absolute Gasteiger partial charge is 0.254 e. The Kier molecular flexibility index (Phi) is 4.86. The highest BCUT2D eigenvalue weighted by molar-refractivity contribution is 7.10. The average Bonchev–Trinajstić information content (AvgIpc) is 3.15. The van der Waals surface area contributed by atoms with Crippen LogP contribution in [0.25, 0.3) is 0 Å². The van der Waals surface area contributed by atoms with Crippen LogP contribution in [0.15, 0.2) is 60.2 Å². The van der Waals surface area contributed by atoms with Gasteiger partial charge >= 0.3 is 0 Å². The van der Waals surface area contributed by atoms with Gasteiger partial charge in [-0.2, -0.15) is 0 Å². The average molecular weight is 338 g/mol. The van der Waals surface area contributed by atoms with Crippen molar-refractivity contribution in [1.82, 2.24) is 14.9 Å². The summed E-state index contributed by atoms with van der Waals surface area (Å²) in [6.45, 7) is 2.03. The molecule has 0 radical (unpaired) electrons. The van der Waals surface area contributed by atoms with Crippen molar-refractivity contribution in [3.05, 3.63) is 70.7 Å². The summed E-state index contributed by atoms with van der Waals surface area (Å²) in [6, 6.07) is 13.2. The van der Waals surface area contributed by atoms with Crippen LogP contribution in [0.3, 0.4) is 0 Å². The first kappa shape index (κ1) is 16.1. The highest BCUT2D eigenvalue weighted by Crippen LogP contribution is 2.25. The summed E-state index contributed by atoms with van der Waals surface area (Å²) in [7, 11) is 1.83. The van der Waals surface area contributed by atoms with Crippen molar-refractivity contribution in [2.24, 2.45) is 0 Å². The molecule has 1 aromatic carbocycles. The van der Waals surface area contributed by atoms with Crippen LogP contribution in [0, 0.1) is 0 Å². The summed E-state index contributed by atoms with van der Waals surface area (Å²) in [4.78, 5) is 23.9. The first-order chi connectivity index (χ1) is 11.6. The summed E-state index contributed by atoms with van der Waals surface area (Å²) in [5.41, 5.74) is 1.41. The van der Waals surface area contributed by atoms with Gasteiger partial charge in [0.05, 0.1) is 6.04 Å². The van der Waals surface area contributed by atoms with Gasteiger partial charge in [0.2, 0.25) is 5.95 Å². The molecule has 0 bridgehead atoms. The van der Waals surface area contributed by atoms with Crippen LogP contribution in [0.5, 0.6) is 0 Å². The Morgan fingerprint density at radius 2 is 1.96 bits per heavy atom. The van der Waals surface area contributed by atoms with Gasteiger partial charge in [-0.15, -0.1) is 11.3 Å². The van der Waals surface area contributed by atoms with E-state index in [4.69, 9.17) is 0 Å². The molecule has 5 nitrogen and oxygen atoms in total. The second kappa shape index (κ2) is 7.23. The number of nitrogens with one attached hydrogen (secondary N) is 1. The number of hydrogen-bond acceptors (Lipinski definition) is 5. The minimum atomic E-state index is -0.0199. The minimum absolute atomic E-state index is 0.0199. The number of thiophene rings is 1. The molecule has 3 rings (SSSR count). The minimum Gasteiger partial charge on any atom is -0.334 e. The topological polar surface area (TPSA) is 58.1 Å². The van der Waals surface area contributed by atoms with Crippen molar-refractivity contribution in [1.29, 1.82) is 0 Å². The molecule has 24 heavy (non-hydrogen) atoms. The summed E-state index contributed by atoms with van der Waals surface area (Å²) < 4.78 is 0. The zero-order valence-electron chi connectivity index (χ0n) is 13.5.